The molecule has 1 aromatic rings. The fourth-order valence-electron chi connectivity index (χ4n) is 2.38. The quantitative estimate of drug-likeness (QED) is 0.895. The summed E-state index contributed by atoms with van der Waals surface area (Å²) in [5.41, 5.74) is -0.898. The molecule has 1 fully saturated rings. The SMILES string of the molecule is CC[C@H](NC(=O)CC1CCOCC1)c1nc(C(F)(F)F)cs1. The predicted octanol–water partition coefficient (Wildman–Crippen LogP) is 3.55. The monoisotopic (exact) mass is 336 g/mol. The second kappa shape index (κ2) is 7.41. The van der Waals surface area contributed by atoms with Gasteiger partial charge in [-0.15, -0.1) is 11.3 Å². The molecule has 0 bridgehead atoms. The number of alkyl halides is 3. The highest BCUT2D eigenvalue weighted by Gasteiger charge is 2.34. The molecule has 1 aliphatic heterocycles. The van der Waals surface area contributed by atoms with Gasteiger partial charge in [0.25, 0.3) is 0 Å². The Morgan fingerprint density at radius 2 is 2.18 bits per heavy atom. The van der Waals surface area contributed by atoms with E-state index in [1.165, 1.54) is 0 Å². The molecular weight excluding hydrogens is 317 g/mol. The summed E-state index contributed by atoms with van der Waals surface area (Å²) in [6.07, 6.45) is -1.86. The summed E-state index contributed by atoms with van der Waals surface area (Å²) in [5, 5.41) is 4.09. The van der Waals surface area contributed by atoms with E-state index in [0.29, 0.717) is 31.1 Å². The standard InChI is InChI=1S/C14H19F3N2O2S/c1-2-10(13-19-11(8-22-13)14(15,16)17)18-12(20)7-9-3-5-21-6-4-9/h8-10H,2-7H2,1H3,(H,18,20)/t10-/m0/s1. The number of nitrogens with one attached hydrogen (secondary N) is 1. The van der Waals surface area contributed by atoms with E-state index in [9.17, 15) is 18.0 Å². The third-order valence-corrected chi connectivity index (χ3v) is 4.63. The van der Waals surface area contributed by atoms with Gasteiger partial charge in [0.15, 0.2) is 5.69 Å². The first kappa shape index (κ1) is 17.2. The van der Waals surface area contributed by atoms with Crippen molar-refractivity contribution >= 4 is 17.2 Å². The van der Waals surface area contributed by atoms with Crippen LogP contribution in [0.15, 0.2) is 5.38 Å². The van der Waals surface area contributed by atoms with E-state index < -0.39 is 17.9 Å². The van der Waals surface area contributed by atoms with Gasteiger partial charge in [0, 0.05) is 25.0 Å². The Bertz CT molecular complexity index is 499. The number of hydrogen-bond donors (Lipinski definition) is 1. The van der Waals surface area contributed by atoms with Gasteiger partial charge in [-0.1, -0.05) is 6.92 Å². The molecule has 1 atom stereocenters. The lowest BCUT2D eigenvalue weighted by molar-refractivity contribution is -0.140. The number of ether oxygens (including phenoxy) is 1. The van der Waals surface area contributed by atoms with E-state index in [1.807, 2.05) is 6.92 Å². The first-order chi connectivity index (χ1) is 10.4. The Morgan fingerprint density at radius 3 is 2.73 bits per heavy atom. The Morgan fingerprint density at radius 1 is 1.50 bits per heavy atom. The summed E-state index contributed by atoms with van der Waals surface area (Å²) >= 11 is 0.931. The van der Waals surface area contributed by atoms with Gasteiger partial charge in [0.2, 0.25) is 5.91 Å². The molecule has 0 aliphatic carbocycles. The highest BCUT2D eigenvalue weighted by atomic mass is 32.1. The van der Waals surface area contributed by atoms with Crippen LogP contribution in [0.3, 0.4) is 0 Å². The van der Waals surface area contributed by atoms with Crippen LogP contribution < -0.4 is 5.32 Å². The molecular formula is C14H19F3N2O2S. The summed E-state index contributed by atoms with van der Waals surface area (Å²) in [4.78, 5) is 15.7. The van der Waals surface area contributed by atoms with E-state index in [2.05, 4.69) is 10.3 Å². The minimum absolute atomic E-state index is 0.137. The van der Waals surface area contributed by atoms with Crippen molar-refractivity contribution in [2.75, 3.05) is 13.2 Å². The molecule has 8 heteroatoms. The number of rotatable bonds is 5. The molecule has 1 amide bonds. The number of hydrogen-bond acceptors (Lipinski definition) is 4. The zero-order chi connectivity index (χ0) is 16.2. The van der Waals surface area contributed by atoms with Crippen LogP contribution >= 0.6 is 11.3 Å². The van der Waals surface area contributed by atoms with Crippen LogP contribution in [0.4, 0.5) is 13.2 Å². The van der Waals surface area contributed by atoms with Crippen molar-refractivity contribution in [3.05, 3.63) is 16.1 Å². The second-order valence-electron chi connectivity index (χ2n) is 5.36. The molecule has 1 aliphatic rings. The first-order valence-corrected chi connectivity index (χ1v) is 8.17. The molecule has 0 unspecified atom stereocenters. The third kappa shape index (κ3) is 4.67. The highest BCUT2D eigenvalue weighted by Crippen LogP contribution is 2.32. The van der Waals surface area contributed by atoms with Crippen LogP contribution in [0.25, 0.3) is 0 Å². The smallest absolute Gasteiger partial charge is 0.381 e. The van der Waals surface area contributed by atoms with Crippen molar-refractivity contribution in [3.8, 4) is 0 Å². The molecule has 2 rings (SSSR count). The van der Waals surface area contributed by atoms with Crippen LogP contribution in [-0.2, 0) is 15.7 Å². The number of thiazole rings is 1. The van der Waals surface area contributed by atoms with Gasteiger partial charge in [0.05, 0.1) is 6.04 Å². The Hall–Kier alpha value is -1.15. The lowest BCUT2D eigenvalue weighted by Gasteiger charge is -2.22. The summed E-state index contributed by atoms with van der Waals surface area (Å²) in [6, 6.07) is -0.464. The molecule has 124 valence electrons. The average molecular weight is 336 g/mol. The minimum atomic E-state index is -4.45. The summed E-state index contributed by atoms with van der Waals surface area (Å²) in [7, 11) is 0. The Labute approximate surface area is 131 Å². The van der Waals surface area contributed by atoms with Crippen LogP contribution in [0, 0.1) is 5.92 Å². The number of nitrogens with zero attached hydrogens (tertiary/aromatic N) is 1. The fraction of sp³-hybridized carbons (Fsp3) is 0.714. The van der Waals surface area contributed by atoms with Crippen LogP contribution in [0.1, 0.15) is 49.4 Å². The zero-order valence-corrected chi connectivity index (χ0v) is 13.1. The molecule has 0 spiro atoms. The topological polar surface area (TPSA) is 51.2 Å². The molecule has 1 saturated heterocycles. The maximum atomic E-state index is 12.6. The van der Waals surface area contributed by atoms with Crippen LogP contribution in [0.5, 0.6) is 0 Å². The van der Waals surface area contributed by atoms with Gasteiger partial charge in [-0.25, -0.2) is 4.98 Å². The number of aromatic nitrogens is 1. The lowest BCUT2D eigenvalue weighted by Crippen LogP contribution is -2.31. The number of carbonyl (C=O) groups is 1. The maximum absolute atomic E-state index is 12.6. The molecule has 2 heterocycles. The van der Waals surface area contributed by atoms with Crippen molar-refractivity contribution in [1.82, 2.24) is 10.3 Å². The number of amides is 1. The first-order valence-electron chi connectivity index (χ1n) is 7.30. The summed E-state index contributed by atoms with van der Waals surface area (Å²) in [6.45, 7) is 3.14. The van der Waals surface area contributed by atoms with E-state index in [-0.39, 0.29) is 11.8 Å². The number of carbonyl (C=O) groups excluding carboxylic acids is 1. The van der Waals surface area contributed by atoms with Gasteiger partial charge in [-0.2, -0.15) is 13.2 Å². The van der Waals surface area contributed by atoms with E-state index >= 15 is 0 Å². The molecule has 0 radical (unpaired) electrons. The lowest BCUT2D eigenvalue weighted by atomic mass is 9.96. The maximum Gasteiger partial charge on any atom is 0.434 e. The molecule has 1 N–H and O–H groups in total. The van der Waals surface area contributed by atoms with Gasteiger partial charge < -0.3 is 10.1 Å². The summed E-state index contributed by atoms with van der Waals surface area (Å²) in [5.74, 6) is 0.149. The van der Waals surface area contributed by atoms with Crippen LogP contribution in [-0.4, -0.2) is 24.1 Å². The average Bonchev–Trinajstić information content (AvgIpc) is 2.95. The van der Waals surface area contributed by atoms with Crippen molar-refractivity contribution in [1.29, 1.82) is 0 Å². The molecule has 0 saturated carbocycles. The summed E-state index contributed by atoms with van der Waals surface area (Å²) < 4.78 is 43.0. The van der Waals surface area contributed by atoms with Gasteiger partial charge >= 0.3 is 6.18 Å². The second-order valence-corrected chi connectivity index (χ2v) is 6.25. The van der Waals surface area contributed by atoms with Gasteiger partial charge in [-0.3, -0.25) is 4.79 Å². The van der Waals surface area contributed by atoms with E-state index in [0.717, 1.165) is 29.6 Å². The third-order valence-electron chi connectivity index (χ3n) is 3.67. The largest absolute Gasteiger partial charge is 0.434 e. The predicted molar refractivity (Wildman–Crippen MR) is 76.5 cm³/mol. The van der Waals surface area contributed by atoms with Crippen LogP contribution in [0.2, 0.25) is 0 Å². The fourth-order valence-corrected chi connectivity index (χ4v) is 3.34. The van der Waals surface area contributed by atoms with E-state index in [1.54, 1.807) is 0 Å². The molecule has 0 aromatic carbocycles. The number of halogens is 3. The zero-order valence-electron chi connectivity index (χ0n) is 12.3. The Kier molecular flexibility index (Phi) is 5.80. The normalized spacial score (nSPS) is 18.2. The van der Waals surface area contributed by atoms with E-state index in [4.69, 9.17) is 4.74 Å². The minimum Gasteiger partial charge on any atom is -0.381 e. The van der Waals surface area contributed by atoms with Crippen molar-refractivity contribution in [2.45, 2.75) is 44.8 Å². The molecule has 1 aromatic heterocycles. The van der Waals surface area contributed by atoms with Crippen molar-refractivity contribution in [2.24, 2.45) is 5.92 Å². The molecule has 22 heavy (non-hydrogen) atoms. The van der Waals surface area contributed by atoms with Gasteiger partial charge in [-0.05, 0) is 25.2 Å². The van der Waals surface area contributed by atoms with Crippen molar-refractivity contribution in [3.63, 3.8) is 0 Å². The van der Waals surface area contributed by atoms with Crippen molar-refractivity contribution < 1.29 is 22.7 Å². The Balaban J connectivity index is 1.93. The van der Waals surface area contributed by atoms with Gasteiger partial charge in [0.1, 0.15) is 5.01 Å². The molecule has 4 nitrogen and oxygen atoms in total. The highest BCUT2D eigenvalue weighted by molar-refractivity contribution is 7.09.